The summed E-state index contributed by atoms with van der Waals surface area (Å²) in [5.74, 6) is -0.00783. The van der Waals surface area contributed by atoms with E-state index in [1.807, 2.05) is 6.07 Å². The number of carboxylic acids is 1. The predicted molar refractivity (Wildman–Crippen MR) is 81.8 cm³/mol. The van der Waals surface area contributed by atoms with Gasteiger partial charge in [-0.2, -0.15) is 0 Å². The molecule has 0 bridgehead atoms. The maximum atomic E-state index is 11.1. The normalized spacial score (nSPS) is 19.5. The van der Waals surface area contributed by atoms with Crippen LogP contribution >= 0.6 is 0 Å². The second-order valence-corrected chi connectivity index (χ2v) is 5.63. The molecular weight excluding hydrogens is 266 g/mol. The van der Waals surface area contributed by atoms with Gasteiger partial charge in [0.2, 0.25) is 0 Å². The van der Waals surface area contributed by atoms with Crippen molar-refractivity contribution in [2.45, 2.75) is 38.6 Å². The molecule has 1 aliphatic heterocycles. The van der Waals surface area contributed by atoms with Crippen molar-refractivity contribution in [1.82, 2.24) is 9.97 Å². The highest BCUT2D eigenvalue weighted by Crippen LogP contribution is 2.28. The molecule has 1 unspecified atom stereocenters. The van der Waals surface area contributed by atoms with Crippen LogP contribution in [-0.2, 0) is 0 Å². The molecule has 5 nitrogen and oxygen atoms in total. The van der Waals surface area contributed by atoms with Gasteiger partial charge in [0.15, 0.2) is 0 Å². The lowest BCUT2D eigenvalue weighted by Crippen LogP contribution is -2.33. The van der Waals surface area contributed by atoms with Crippen LogP contribution in [0.4, 0.5) is 5.82 Å². The highest BCUT2D eigenvalue weighted by Gasteiger charge is 2.20. The molecule has 1 fully saturated rings. The summed E-state index contributed by atoms with van der Waals surface area (Å²) in [6, 6.07) is 5.52. The predicted octanol–water partition coefficient (Wildman–Crippen LogP) is 3.10. The molecule has 3 rings (SSSR count). The Morgan fingerprint density at radius 2 is 2.14 bits per heavy atom. The molecule has 2 heterocycles. The molecule has 0 radical (unpaired) electrons. The zero-order chi connectivity index (χ0) is 14.8. The molecule has 0 spiro atoms. The van der Waals surface area contributed by atoms with Crippen LogP contribution in [0.3, 0.4) is 0 Å². The van der Waals surface area contributed by atoms with Gasteiger partial charge in [0.25, 0.3) is 0 Å². The Hall–Kier alpha value is -2.17. The summed E-state index contributed by atoms with van der Waals surface area (Å²) in [7, 11) is 0. The number of hydrogen-bond acceptors (Lipinski definition) is 4. The third kappa shape index (κ3) is 2.68. The molecule has 1 aromatic heterocycles. The van der Waals surface area contributed by atoms with Gasteiger partial charge in [-0.15, -0.1) is 0 Å². The third-order valence-electron chi connectivity index (χ3n) is 4.19. The van der Waals surface area contributed by atoms with Crippen LogP contribution in [0.25, 0.3) is 10.9 Å². The summed E-state index contributed by atoms with van der Waals surface area (Å²) < 4.78 is 0. The van der Waals surface area contributed by atoms with Gasteiger partial charge in [-0.1, -0.05) is 12.8 Å². The van der Waals surface area contributed by atoms with E-state index in [0.29, 0.717) is 11.6 Å². The largest absolute Gasteiger partial charge is 0.478 e. The van der Waals surface area contributed by atoms with Crippen molar-refractivity contribution in [3.05, 3.63) is 30.1 Å². The molecule has 5 heteroatoms. The van der Waals surface area contributed by atoms with Crippen molar-refractivity contribution < 1.29 is 9.90 Å². The van der Waals surface area contributed by atoms with E-state index in [2.05, 4.69) is 21.8 Å². The highest BCUT2D eigenvalue weighted by molar-refractivity contribution is 5.96. The van der Waals surface area contributed by atoms with Crippen LogP contribution in [-0.4, -0.2) is 33.6 Å². The second-order valence-electron chi connectivity index (χ2n) is 5.63. The van der Waals surface area contributed by atoms with Crippen LogP contribution in [0.15, 0.2) is 24.5 Å². The zero-order valence-electron chi connectivity index (χ0n) is 12.1. The minimum Gasteiger partial charge on any atom is -0.478 e. The van der Waals surface area contributed by atoms with Crippen LogP contribution in [0.1, 0.15) is 43.0 Å². The maximum Gasteiger partial charge on any atom is 0.335 e. The van der Waals surface area contributed by atoms with Gasteiger partial charge in [0.05, 0.1) is 11.1 Å². The summed E-state index contributed by atoms with van der Waals surface area (Å²) >= 11 is 0. The Bertz CT molecular complexity index is 672. The summed E-state index contributed by atoms with van der Waals surface area (Å²) in [5, 5.41) is 10.0. The van der Waals surface area contributed by atoms with Crippen LogP contribution < -0.4 is 4.90 Å². The van der Waals surface area contributed by atoms with Crippen LogP contribution in [0, 0.1) is 0 Å². The first-order valence-electron chi connectivity index (χ1n) is 7.41. The van der Waals surface area contributed by atoms with Crippen molar-refractivity contribution in [2.24, 2.45) is 0 Å². The van der Waals surface area contributed by atoms with Crippen LogP contribution in [0.2, 0.25) is 0 Å². The molecule has 2 aromatic rings. The Balaban J connectivity index is 2.07. The molecule has 0 aliphatic carbocycles. The van der Waals surface area contributed by atoms with E-state index in [4.69, 9.17) is 5.11 Å². The second kappa shape index (κ2) is 5.68. The van der Waals surface area contributed by atoms with Crippen molar-refractivity contribution in [3.8, 4) is 0 Å². The van der Waals surface area contributed by atoms with Crippen molar-refractivity contribution in [3.63, 3.8) is 0 Å². The Kier molecular flexibility index (Phi) is 3.73. The van der Waals surface area contributed by atoms with Crippen LogP contribution in [0.5, 0.6) is 0 Å². The topological polar surface area (TPSA) is 66.3 Å². The first-order chi connectivity index (χ1) is 10.2. The average Bonchev–Trinajstić information content (AvgIpc) is 2.70. The molecule has 1 aliphatic rings. The third-order valence-corrected chi connectivity index (χ3v) is 4.19. The van der Waals surface area contributed by atoms with E-state index in [1.165, 1.54) is 32.0 Å². The molecule has 1 saturated heterocycles. The van der Waals surface area contributed by atoms with E-state index in [0.717, 1.165) is 17.7 Å². The maximum absolute atomic E-state index is 11.1. The van der Waals surface area contributed by atoms with Crippen molar-refractivity contribution in [1.29, 1.82) is 0 Å². The number of fused-ring (bicyclic) bond motifs is 1. The molecule has 21 heavy (non-hydrogen) atoms. The quantitative estimate of drug-likeness (QED) is 0.918. The first-order valence-corrected chi connectivity index (χ1v) is 7.41. The van der Waals surface area contributed by atoms with E-state index in [1.54, 1.807) is 12.1 Å². The minimum atomic E-state index is -0.930. The van der Waals surface area contributed by atoms with E-state index < -0.39 is 5.97 Å². The Morgan fingerprint density at radius 1 is 1.29 bits per heavy atom. The summed E-state index contributed by atoms with van der Waals surface area (Å²) in [6.07, 6.45) is 6.37. The fourth-order valence-electron chi connectivity index (χ4n) is 2.99. The van der Waals surface area contributed by atoms with Gasteiger partial charge in [-0.05, 0) is 38.0 Å². The van der Waals surface area contributed by atoms with Gasteiger partial charge in [-0.25, -0.2) is 14.8 Å². The lowest BCUT2D eigenvalue weighted by atomic mass is 10.1. The fraction of sp³-hybridized carbons (Fsp3) is 0.438. The standard InChI is InChI=1S/C16H19N3O2/c1-11-5-3-2-4-8-19(11)15-13-7-6-12(16(20)21)9-14(13)17-10-18-15/h6-7,9-11H,2-5,8H2,1H3,(H,20,21). The lowest BCUT2D eigenvalue weighted by Gasteiger charge is -2.29. The molecule has 1 N–H and O–H groups in total. The number of aromatic nitrogens is 2. The molecule has 1 aromatic carbocycles. The minimum absolute atomic E-state index is 0.260. The Morgan fingerprint density at radius 3 is 2.95 bits per heavy atom. The van der Waals surface area contributed by atoms with Gasteiger partial charge in [0, 0.05) is 18.0 Å². The molecule has 0 saturated carbocycles. The number of carboxylic acid groups (broad SMARTS) is 1. The average molecular weight is 285 g/mol. The molecule has 0 amide bonds. The van der Waals surface area contributed by atoms with E-state index >= 15 is 0 Å². The Labute approximate surface area is 123 Å². The number of hydrogen-bond donors (Lipinski definition) is 1. The molecular formula is C16H19N3O2. The number of aromatic carboxylic acids is 1. The fourth-order valence-corrected chi connectivity index (χ4v) is 2.99. The van der Waals surface area contributed by atoms with Crippen molar-refractivity contribution >= 4 is 22.7 Å². The number of nitrogens with zero attached hydrogens (tertiary/aromatic N) is 3. The monoisotopic (exact) mass is 285 g/mol. The number of anilines is 1. The summed E-state index contributed by atoms with van der Waals surface area (Å²) in [4.78, 5) is 22.1. The summed E-state index contributed by atoms with van der Waals surface area (Å²) in [5.41, 5.74) is 0.951. The number of benzene rings is 1. The first kappa shape index (κ1) is 13.8. The van der Waals surface area contributed by atoms with Gasteiger partial charge >= 0.3 is 5.97 Å². The zero-order valence-corrected chi connectivity index (χ0v) is 12.1. The molecule has 110 valence electrons. The van der Waals surface area contributed by atoms with E-state index in [9.17, 15) is 4.79 Å². The molecule has 1 atom stereocenters. The van der Waals surface area contributed by atoms with E-state index in [-0.39, 0.29) is 5.56 Å². The van der Waals surface area contributed by atoms with Crippen molar-refractivity contribution in [2.75, 3.05) is 11.4 Å². The lowest BCUT2D eigenvalue weighted by molar-refractivity contribution is 0.0697. The van der Waals surface area contributed by atoms with Gasteiger partial charge in [0.1, 0.15) is 12.1 Å². The number of carbonyl (C=O) groups is 1. The smallest absolute Gasteiger partial charge is 0.335 e. The van der Waals surface area contributed by atoms with Gasteiger partial charge in [-0.3, -0.25) is 0 Å². The summed E-state index contributed by atoms with van der Waals surface area (Å²) in [6.45, 7) is 3.22. The SMILES string of the molecule is CC1CCCCCN1c1ncnc2cc(C(=O)O)ccc12. The van der Waals surface area contributed by atoms with Gasteiger partial charge < -0.3 is 10.0 Å². The highest BCUT2D eigenvalue weighted by atomic mass is 16.4. The number of rotatable bonds is 2.